The highest BCUT2D eigenvalue weighted by Crippen LogP contribution is 2.03. The zero-order valence-corrected chi connectivity index (χ0v) is 9.11. The van der Waals surface area contributed by atoms with Crippen LogP contribution in [0.2, 0.25) is 0 Å². The molecule has 0 spiro atoms. The van der Waals surface area contributed by atoms with E-state index < -0.39 is 0 Å². The van der Waals surface area contributed by atoms with Crippen molar-refractivity contribution in [1.82, 2.24) is 10.9 Å². The normalized spacial score (nSPS) is 12.4. The Morgan fingerprint density at radius 2 is 2.21 bits per heavy atom. The molecule has 0 amide bonds. The Hall–Kier alpha value is -0.350. The van der Waals surface area contributed by atoms with Crippen molar-refractivity contribution in [3.05, 3.63) is 0 Å². The Balaban J connectivity index is 3.48. The molecule has 0 unspecified atom stereocenters. The van der Waals surface area contributed by atoms with Crippen molar-refractivity contribution in [1.29, 1.82) is 0 Å². The minimum absolute atomic E-state index is 0.0154. The van der Waals surface area contributed by atoms with E-state index in [9.17, 15) is 9.28 Å². The van der Waals surface area contributed by atoms with E-state index in [0.717, 1.165) is 25.7 Å². The number of rotatable bonds is 9. The van der Waals surface area contributed by atoms with Gasteiger partial charge in [0.2, 0.25) is 0 Å². The van der Waals surface area contributed by atoms with Crippen LogP contribution in [-0.2, 0) is 4.79 Å². The average Bonchev–Trinajstić information content (AvgIpc) is 2.22. The van der Waals surface area contributed by atoms with Gasteiger partial charge in [-0.05, 0) is 19.9 Å². The van der Waals surface area contributed by atoms with Crippen LogP contribution >= 0.6 is 0 Å². The van der Waals surface area contributed by atoms with Crippen LogP contribution in [0.15, 0.2) is 0 Å². The van der Waals surface area contributed by atoms with Crippen LogP contribution in [0.25, 0.3) is 0 Å². The van der Waals surface area contributed by atoms with Crippen LogP contribution < -0.4 is 10.9 Å². The topological polar surface area (TPSA) is 41.1 Å². The fraction of sp³-hybridized carbons (Fsp3) is 0.875. The number of unbranched alkanes of at least 4 members (excludes halogenated alkanes) is 2. The predicted octanol–water partition coefficient (Wildman–Crippen LogP) is -0.880. The first-order valence-electron chi connectivity index (χ1n) is 5.29. The van der Waals surface area contributed by atoms with E-state index in [1.165, 1.54) is 0 Å². The third-order valence-electron chi connectivity index (χ3n) is 2.35. The van der Waals surface area contributed by atoms with Gasteiger partial charge < -0.3 is 10.1 Å². The maximum absolute atomic E-state index is 11.5. The molecule has 0 rings (SSSR count). The molecule has 3 nitrogen and oxygen atoms in total. The van der Waals surface area contributed by atoms with Crippen LogP contribution in [0.1, 0.15) is 25.7 Å². The summed E-state index contributed by atoms with van der Waals surface area (Å²) in [4.78, 5) is 11.3. The molecule has 14 heavy (non-hydrogen) atoms. The summed E-state index contributed by atoms with van der Waals surface area (Å²) in [5, 5.41) is 3.00. The van der Waals surface area contributed by atoms with Gasteiger partial charge in [0.05, 0.1) is 19.5 Å². The Kier molecular flexibility index (Phi) is 8.98. The summed E-state index contributed by atoms with van der Waals surface area (Å²) in [7, 11) is 4.26. The first-order chi connectivity index (χ1) is 6.76. The van der Waals surface area contributed by atoms with Gasteiger partial charge in [0.1, 0.15) is 0 Å². The summed E-state index contributed by atoms with van der Waals surface area (Å²) >= 11 is 0. The number of likely N-dealkylation sites (N-methyl/N-ethyl adjacent to an activating group) is 1. The number of carbonyl (C=O) groups is 1. The van der Waals surface area contributed by atoms with Crippen molar-refractivity contribution >= 4 is 20.6 Å². The number of hydrogen-bond acceptors (Lipinski definition) is 3. The molecule has 0 saturated carbocycles. The second-order valence-electron chi connectivity index (χ2n) is 3.39. The zero-order chi connectivity index (χ0) is 10.8. The predicted molar refractivity (Wildman–Crippen MR) is 61.1 cm³/mol. The first kappa shape index (κ1) is 13.6. The highest BCUT2D eigenvalue weighted by molar-refractivity contribution is 7.08. The molecule has 0 aliphatic heterocycles. The van der Waals surface area contributed by atoms with Crippen LogP contribution in [-0.4, -0.2) is 40.2 Å². The zero-order valence-electron chi connectivity index (χ0n) is 9.11. The highest BCUT2D eigenvalue weighted by Gasteiger charge is 2.13. The van der Waals surface area contributed by atoms with Crippen molar-refractivity contribution in [2.24, 2.45) is 0 Å². The second-order valence-corrected chi connectivity index (χ2v) is 3.39. The Bertz CT molecular complexity index is 160. The highest BCUT2D eigenvalue weighted by atomic mass is 19.2. The smallest absolute Gasteiger partial charge is 0.167 e. The third kappa shape index (κ3) is 6.16. The lowest BCUT2D eigenvalue weighted by molar-refractivity contribution is -0.113. The molecule has 6 heteroatoms. The van der Waals surface area contributed by atoms with Crippen LogP contribution in [0.5, 0.6) is 0 Å². The molecule has 80 valence electrons. The van der Waals surface area contributed by atoms with E-state index in [2.05, 4.69) is 5.32 Å². The van der Waals surface area contributed by atoms with Gasteiger partial charge in [-0.15, -0.1) is 4.48 Å². The van der Waals surface area contributed by atoms with Crippen molar-refractivity contribution in [3.63, 3.8) is 0 Å². The van der Waals surface area contributed by atoms with Crippen molar-refractivity contribution < 1.29 is 9.28 Å². The maximum Gasteiger partial charge on any atom is 0.167 e. The van der Waals surface area contributed by atoms with E-state index in [0.29, 0.717) is 13.7 Å². The quantitative estimate of drug-likeness (QED) is 0.288. The lowest BCUT2D eigenvalue weighted by Gasteiger charge is -2.13. The van der Waals surface area contributed by atoms with E-state index in [4.69, 9.17) is 0 Å². The van der Waals surface area contributed by atoms with E-state index in [1.54, 1.807) is 12.6 Å². The Morgan fingerprint density at radius 3 is 2.71 bits per heavy atom. The fourth-order valence-corrected chi connectivity index (χ4v) is 1.43. The molecule has 0 radical (unpaired) electrons. The molecule has 0 aromatic heterocycles. The van der Waals surface area contributed by atoms with Gasteiger partial charge in [-0.1, -0.05) is 12.8 Å². The number of halogens is 1. The van der Waals surface area contributed by atoms with Crippen molar-refractivity contribution in [2.75, 3.05) is 13.6 Å². The molecular formula is C8H19B2FN2O. The summed E-state index contributed by atoms with van der Waals surface area (Å²) in [6.07, 6.45) is 3.62. The summed E-state index contributed by atoms with van der Waals surface area (Å²) in [6, 6.07) is -0.0154. The van der Waals surface area contributed by atoms with Crippen LogP contribution in [0.3, 0.4) is 0 Å². The van der Waals surface area contributed by atoms with E-state index in [1.807, 2.05) is 7.74 Å². The van der Waals surface area contributed by atoms with Gasteiger partial charge in [0.15, 0.2) is 7.17 Å². The standard InChI is InChI=1S/C8H19B2FN2O/c1-12-7(8(14)10-9)5-3-2-4-6-13-11/h7,10,12-13H,2-6,9H2,1H3/t7-/m0/s1. The molecule has 0 aromatic carbocycles. The van der Waals surface area contributed by atoms with Gasteiger partial charge in [0.25, 0.3) is 0 Å². The summed E-state index contributed by atoms with van der Waals surface area (Å²) < 4.78 is 11.5. The van der Waals surface area contributed by atoms with Gasteiger partial charge in [-0.2, -0.15) is 5.54 Å². The number of carbonyl (C=O) groups excluding carboxylic acids is 1. The van der Waals surface area contributed by atoms with Gasteiger partial charge >= 0.3 is 0 Å². The van der Waals surface area contributed by atoms with Crippen molar-refractivity contribution in [2.45, 2.75) is 31.7 Å². The minimum Gasteiger partial charge on any atom is -0.311 e. The van der Waals surface area contributed by atoms with Crippen LogP contribution in [0.4, 0.5) is 4.48 Å². The summed E-state index contributed by atoms with van der Waals surface area (Å²) in [5.41, 5.74) is 1.88. The van der Waals surface area contributed by atoms with Crippen LogP contribution in [0, 0.1) is 0 Å². The Labute approximate surface area is 86.8 Å². The fourth-order valence-electron chi connectivity index (χ4n) is 1.43. The lowest BCUT2D eigenvalue weighted by Crippen LogP contribution is -2.37. The monoisotopic (exact) mass is 200 g/mol. The summed E-state index contributed by atoms with van der Waals surface area (Å²) in [5.74, 6) is 0. The molecule has 0 aliphatic rings. The first-order valence-corrected chi connectivity index (χ1v) is 5.29. The second kappa shape index (κ2) is 9.21. The largest absolute Gasteiger partial charge is 0.311 e. The molecule has 0 saturated heterocycles. The average molecular weight is 200 g/mol. The number of nitrogens with one attached hydrogen (secondary N) is 2. The van der Waals surface area contributed by atoms with Gasteiger partial charge in [-0.25, -0.2) is 0 Å². The molecule has 0 aliphatic carbocycles. The van der Waals surface area contributed by atoms with Gasteiger partial charge in [-0.3, -0.25) is 0 Å². The SMILES string of the molecule is BBC(=O)[C@H](CCCCCNF)NC. The molecule has 0 bridgehead atoms. The van der Waals surface area contributed by atoms with Gasteiger partial charge in [0, 0.05) is 6.54 Å². The lowest BCUT2D eigenvalue weighted by atomic mass is 9.51. The molecule has 1 atom stereocenters. The number of hydrogen-bond donors (Lipinski definition) is 2. The molecular weight excluding hydrogens is 181 g/mol. The van der Waals surface area contributed by atoms with E-state index >= 15 is 0 Å². The molecule has 0 heterocycles. The van der Waals surface area contributed by atoms with Crippen molar-refractivity contribution in [3.8, 4) is 0 Å². The molecule has 0 fully saturated rings. The Morgan fingerprint density at radius 1 is 1.50 bits per heavy atom. The molecule has 0 aromatic rings. The van der Waals surface area contributed by atoms with E-state index in [-0.39, 0.29) is 11.7 Å². The molecule has 2 N–H and O–H groups in total. The minimum atomic E-state index is -0.0154. The third-order valence-corrected chi connectivity index (χ3v) is 2.35. The maximum atomic E-state index is 11.5. The summed E-state index contributed by atoms with van der Waals surface area (Å²) in [6.45, 7) is 0.409.